The molecular weight excluding hydrogens is 351 g/mol. The number of hydrogen-bond acceptors (Lipinski definition) is 3. The van der Waals surface area contributed by atoms with Crippen molar-refractivity contribution in [2.24, 2.45) is 5.73 Å². The third kappa shape index (κ3) is 2.77. The molecule has 0 unspecified atom stereocenters. The van der Waals surface area contributed by atoms with Gasteiger partial charge in [-0.1, -0.05) is 36.4 Å². The minimum absolute atomic E-state index is 0.290. The van der Waals surface area contributed by atoms with Gasteiger partial charge in [-0.15, -0.1) is 11.3 Å². The topological polar surface area (TPSA) is 38.9 Å². The highest BCUT2D eigenvalue weighted by molar-refractivity contribution is 9.10. The zero-order valence-electron chi connectivity index (χ0n) is 11.0. The van der Waals surface area contributed by atoms with E-state index >= 15 is 0 Å². The Morgan fingerprint density at radius 3 is 2.52 bits per heavy atom. The molecule has 1 heterocycles. The average molecular weight is 363 g/mol. The maximum atomic E-state index is 14.1. The molecule has 5 heteroatoms. The second kappa shape index (κ2) is 6.05. The largest absolute Gasteiger partial charge is 0.326 e. The van der Waals surface area contributed by atoms with Crippen LogP contribution in [0.2, 0.25) is 0 Å². The SMILES string of the molecule is NCc1sc(-c2c(F)cccc2Br)nc1-c1ccccc1. The zero-order chi connectivity index (χ0) is 14.8. The molecule has 3 rings (SSSR count). The summed E-state index contributed by atoms with van der Waals surface area (Å²) in [5.74, 6) is -0.290. The van der Waals surface area contributed by atoms with Gasteiger partial charge in [-0.3, -0.25) is 0 Å². The van der Waals surface area contributed by atoms with Crippen LogP contribution in [0.1, 0.15) is 4.88 Å². The van der Waals surface area contributed by atoms with Crippen LogP contribution in [0.4, 0.5) is 4.39 Å². The molecule has 2 aromatic carbocycles. The summed E-state index contributed by atoms with van der Waals surface area (Å²) in [7, 11) is 0. The van der Waals surface area contributed by atoms with E-state index in [4.69, 9.17) is 5.73 Å². The van der Waals surface area contributed by atoms with Crippen molar-refractivity contribution >= 4 is 27.3 Å². The van der Waals surface area contributed by atoms with Crippen LogP contribution in [-0.2, 0) is 6.54 Å². The number of halogens is 2. The van der Waals surface area contributed by atoms with Gasteiger partial charge >= 0.3 is 0 Å². The lowest BCUT2D eigenvalue weighted by Crippen LogP contribution is -1.95. The molecule has 21 heavy (non-hydrogen) atoms. The third-order valence-corrected chi connectivity index (χ3v) is 4.86. The fourth-order valence-corrected chi connectivity index (χ4v) is 3.81. The molecule has 106 valence electrons. The monoisotopic (exact) mass is 362 g/mol. The fourth-order valence-electron chi connectivity index (χ4n) is 2.12. The predicted octanol–water partition coefficient (Wildman–Crippen LogP) is 4.84. The number of rotatable bonds is 3. The van der Waals surface area contributed by atoms with Crippen molar-refractivity contribution in [1.29, 1.82) is 0 Å². The summed E-state index contributed by atoms with van der Waals surface area (Å²) in [6.07, 6.45) is 0. The van der Waals surface area contributed by atoms with Crippen LogP contribution in [0.25, 0.3) is 21.8 Å². The molecule has 0 aliphatic carbocycles. The summed E-state index contributed by atoms with van der Waals surface area (Å²) in [5, 5.41) is 0.638. The lowest BCUT2D eigenvalue weighted by Gasteiger charge is -2.01. The predicted molar refractivity (Wildman–Crippen MR) is 88.5 cm³/mol. The van der Waals surface area contributed by atoms with Crippen LogP contribution < -0.4 is 5.73 Å². The molecule has 0 aliphatic rings. The molecule has 2 nitrogen and oxygen atoms in total. The molecule has 0 saturated carbocycles. The number of thiazole rings is 1. The van der Waals surface area contributed by atoms with Crippen LogP contribution in [0.15, 0.2) is 53.0 Å². The number of aromatic nitrogens is 1. The lowest BCUT2D eigenvalue weighted by molar-refractivity contribution is 0.630. The van der Waals surface area contributed by atoms with Crippen molar-refractivity contribution < 1.29 is 4.39 Å². The highest BCUT2D eigenvalue weighted by Gasteiger charge is 2.17. The van der Waals surface area contributed by atoms with Gasteiger partial charge in [-0.05, 0) is 28.1 Å². The van der Waals surface area contributed by atoms with E-state index in [1.807, 2.05) is 36.4 Å². The summed E-state index contributed by atoms with van der Waals surface area (Å²) >= 11 is 4.82. The van der Waals surface area contributed by atoms with Crippen molar-refractivity contribution in [3.63, 3.8) is 0 Å². The smallest absolute Gasteiger partial charge is 0.134 e. The van der Waals surface area contributed by atoms with E-state index in [0.29, 0.717) is 21.6 Å². The Morgan fingerprint density at radius 1 is 1.10 bits per heavy atom. The molecule has 1 aromatic heterocycles. The normalized spacial score (nSPS) is 10.8. The van der Waals surface area contributed by atoms with Crippen LogP contribution >= 0.6 is 27.3 Å². The van der Waals surface area contributed by atoms with E-state index in [9.17, 15) is 4.39 Å². The summed E-state index contributed by atoms with van der Waals surface area (Å²) in [5.41, 5.74) is 8.13. The van der Waals surface area contributed by atoms with Crippen molar-refractivity contribution in [2.45, 2.75) is 6.54 Å². The van der Waals surface area contributed by atoms with Crippen molar-refractivity contribution in [3.05, 3.63) is 63.7 Å². The molecule has 2 N–H and O–H groups in total. The van der Waals surface area contributed by atoms with E-state index in [1.165, 1.54) is 17.4 Å². The van der Waals surface area contributed by atoms with Gasteiger partial charge in [-0.25, -0.2) is 9.37 Å². The van der Waals surface area contributed by atoms with Gasteiger partial charge in [0.1, 0.15) is 10.8 Å². The molecule has 0 spiro atoms. The van der Waals surface area contributed by atoms with Gasteiger partial charge in [0.15, 0.2) is 0 Å². The van der Waals surface area contributed by atoms with E-state index < -0.39 is 0 Å². The number of benzene rings is 2. The first-order valence-electron chi connectivity index (χ1n) is 6.40. The zero-order valence-corrected chi connectivity index (χ0v) is 13.4. The first-order chi connectivity index (χ1) is 10.2. The van der Waals surface area contributed by atoms with Crippen molar-refractivity contribution in [1.82, 2.24) is 4.98 Å². The summed E-state index contributed by atoms with van der Waals surface area (Å²) in [6, 6.07) is 14.7. The number of nitrogens with two attached hydrogens (primary N) is 1. The lowest BCUT2D eigenvalue weighted by atomic mass is 10.1. The summed E-state index contributed by atoms with van der Waals surface area (Å²) in [4.78, 5) is 5.56. The highest BCUT2D eigenvalue weighted by atomic mass is 79.9. The first-order valence-corrected chi connectivity index (χ1v) is 8.01. The van der Waals surface area contributed by atoms with E-state index in [-0.39, 0.29) is 5.82 Å². The standard InChI is InChI=1S/C16H12BrFN2S/c17-11-7-4-8-12(18)14(11)16-20-15(13(9-19)21-16)10-5-2-1-3-6-10/h1-8H,9,19H2. The highest BCUT2D eigenvalue weighted by Crippen LogP contribution is 2.38. The van der Waals surface area contributed by atoms with Crippen molar-refractivity contribution in [3.8, 4) is 21.8 Å². The van der Waals surface area contributed by atoms with E-state index in [2.05, 4.69) is 20.9 Å². The Hall–Kier alpha value is -1.56. The molecule has 0 atom stereocenters. The van der Waals surface area contributed by atoms with Gasteiger partial charge in [0.2, 0.25) is 0 Å². The first kappa shape index (κ1) is 14.4. The van der Waals surface area contributed by atoms with Gasteiger partial charge in [0, 0.05) is 21.5 Å². The second-order valence-corrected chi connectivity index (χ2v) is 6.40. The quantitative estimate of drug-likeness (QED) is 0.723. The van der Waals surface area contributed by atoms with Gasteiger partial charge in [-0.2, -0.15) is 0 Å². The fraction of sp³-hybridized carbons (Fsp3) is 0.0625. The molecule has 0 radical (unpaired) electrons. The van der Waals surface area contributed by atoms with Gasteiger partial charge < -0.3 is 5.73 Å². The Kier molecular flexibility index (Phi) is 4.14. The maximum absolute atomic E-state index is 14.1. The van der Waals surface area contributed by atoms with Crippen LogP contribution in [0.3, 0.4) is 0 Å². The molecule has 0 amide bonds. The Morgan fingerprint density at radius 2 is 1.86 bits per heavy atom. The Labute approximate surface area is 134 Å². The average Bonchev–Trinajstić information content (AvgIpc) is 2.92. The molecular formula is C16H12BrFN2S. The third-order valence-electron chi connectivity index (χ3n) is 3.11. The molecule has 0 bridgehead atoms. The minimum atomic E-state index is -0.290. The molecule has 0 aliphatic heterocycles. The Balaban J connectivity index is 2.17. The minimum Gasteiger partial charge on any atom is -0.326 e. The maximum Gasteiger partial charge on any atom is 0.134 e. The van der Waals surface area contributed by atoms with Crippen LogP contribution in [-0.4, -0.2) is 4.98 Å². The van der Waals surface area contributed by atoms with E-state index in [0.717, 1.165) is 16.1 Å². The molecule has 0 saturated heterocycles. The second-order valence-electron chi connectivity index (χ2n) is 4.46. The number of nitrogens with zero attached hydrogens (tertiary/aromatic N) is 1. The van der Waals surface area contributed by atoms with Gasteiger partial charge in [0.25, 0.3) is 0 Å². The van der Waals surface area contributed by atoms with Crippen LogP contribution in [0.5, 0.6) is 0 Å². The molecule has 0 fully saturated rings. The van der Waals surface area contributed by atoms with Gasteiger partial charge in [0.05, 0.1) is 11.3 Å². The Bertz CT molecular complexity index is 751. The molecule has 3 aromatic rings. The summed E-state index contributed by atoms with van der Waals surface area (Å²) < 4.78 is 14.8. The van der Waals surface area contributed by atoms with Crippen LogP contribution in [0, 0.1) is 5.82 Å². The van der Waals surface area contributed by atoms with E-state index in [1.54, 1.807) is 6.07 Å². The number of hydrogen-bond donors (Lipinski definition) is 1. The summed E-state index contributed by atoms with van der Waals surface area (Å²) in [6.45, 7) is 0.383. The van der Waals surface area contributed by atoms with Crippen molar-refractivity contribution in [2.75, 3.05) is 0 Å².